The highest BCUT2D eigenvalue weighted by Crippen LogP contribution is 2.31. The van der Waals surface area contributed by atoms with Crippen LogP contribution in [0.25, 0.3) is 10.9 Å². The zero-order chi connectivity index (χ0) is 26.5. The van der Waals surface area contributed by atoms with E-state index in [0.29, 0.717) is 29.8 Å². The highest BCUT2D eigenvalue weighted by Gasteiger charge is 2.32. The smallest absolute Gasteiger partial charge is 0.261 e. The highest BCUT2D eigenvalue weighted by molar-refractivity contribution is 5.87. The van der Waals surface area contributed by atoms with Crippen molar-refractivity contribution in [3.8, 4) is 0 Å². The standard InChI is InChI=1S/C33H31N3O2/c1-3-35(33(38)30(26-17-9-5-10-18-26)27-19-11-6-12-20-27)24(2)31-34-29-22-14-13-21-28(29)32(37)36(31)23-25-15-7-4-8-16-25/h4-22,24,30H,3,23H2,1-2H3. The molecule has 1 unspecified atom stereocenters. The second-order valence-electron chi connectivity index (χ2n) is 9.42. The number of rotatable bonds is 8. The average molecular weight is 502 g/mol. The Balaban J connectivity index is 1.61. The van der Waals surface area contributed by atoms with Gasteiger partial charge < -0.3 is 4.90 Å². The largest absolute Gasteiger partial charge is 0.332 e. The summed E-state index contributed by atoms with van der Waals surface area (Å²) >= 11 is 0. The molecule has 0 bridgehead atoms. The van der Waals surface area contributed by atoms with E-state index in [-0.39, 0.29) is 11.5 Å². The highest BCUT2D eigenvalue weighted by atomic mass is 16.2. The predicted octanol–water partition coefficient (Wildman–Crippen LogP) is 6.19. The Hall–Kier alpha value is -4.51. The minimum atomic E-state index is -0.463. The maximum atomic E-state index is 14.3. The first kappa shape index (κ1) is 25.2. The first-order valence-electron chi connectivity index (χ1n) is 13.0. The van der Waals surface area contributed by atoms with E-state index in [1.807, 2.05) is 134 Å². The topological polar surface area (TPSA) is 55.2 Å². The van der Waals surface area contributed by atoms with Crippen LogP contribution in [0.15, 0.2) is 120 Å². The first-order valence-corrected chi connectivity index (χ1v) is 13.0. The molecular weight excluding hydrogens is 470 g/mol. The molecule has 4 aromatic carbocycles. The summed E-state index contributed by atoms with van der Waals surface area (Å²) in [6.45, 7) is 4.79. The number of hydrogen-bond acceptors (Lipinski definition) is 3. The van der Waals surface area contributed by atoms with Crippen LogP contribution in [-0.2, 0) is 11.3 Å². The molecule has 0 saturated heterocycles. The third-order valence-electron chi connectivity index (χ3n) is 7.05. The lowest BCUT2D eigenvalue weighted by Gasteiger charge is -2.33. The summed E-state index contributed by atoms with van der Waals surface area (Å²) in [5, 5.41) is 0.570. The molecular formula is C33H31N3O2. The van der Waals surface area contributed by atoms with Gasteiger partial charge >= 0.3 is 0 Å². The van der Waals surface area contributed by atoms with Gasteiger partial charge in [-0.2, -0.15) is 0 Å². The number of amides is 1. The molecule has 0 spiro atoms. The van der Waals surface area contributed by atoms with Gasteiger partial charge in [-0.05, 0) is 42.7 Å². The number of carbonyl (C=O) groups is 1. The van der Waals surface area contributed by atoms with Crippen molar-refractivity contribution in [3.63, 3.8) is 0 Å². The Morgan fingerprint density at radius 2 is 1.32 bits per heavy atom. The van der Waals surface area contributed by atoms with Gasteiger partial charge in [0, 0.05) is 6.54 Å². The van der Waals surface area contributed by atoms with Crippen molar-refractivity contribution in [1.82, 2.24) is 14.5 Å². The molecule has 0 saturated carbocycles. The van der Waals surface area contributed by atoms with Crippen molar-refractivity contribution in [2.75, 3.05) is 6.54 Å². The van der Waals surface area contributed by atoms with Crippen molar-refractivity contribution in [2.45, 2.75) is 32.4 Å². The molecule has 0 N–H and O–H groups in total. The number of hydrogen-bond donors (Lipinski definition) is 0. The fourth-order valence-corrected chi connectivity index (χ4v) is 5.12. The molecule has 38 heavy (non-hydrogen) atoms. The summed E-state index contributed by atoms with van der Waals surface area (Å²) in [7, 11) is 0. The van der Waals surface area contributed by atoms with E-state index >= 15 is 0 Å². The zero-order valence-corrected chi connectivity index (χ0v) is 21.7. The van der Waals surface area contributed by atoms with Gasteiger partial charge in [-0.15, -0.1) is 0 Å². The lowest BCUT2D eigenvalue weighted by molar-refractivity contribution is -0.134. The van der Waals surface area contributed by atoms with E-state index in [0.717, 1.165) is 16.7 Å². The number of carbonyl (C=O) groups excluding carboxylic acids is 1. The third-order valence-corrected chi connectivity index (χ3v) is 7.05. The van der Waals surface area contributed by atoms with Crippen molar-refractivity contribution >= 4 is 16.8 Å². The van der Waals surface area contributed by atoms with Gasteiger partial charge in [0.25, 0.3) is 5.56 Å². The molecule has 5 rings (SSSR count). The molecule has 190 valence electrons. The number of fused-ring (bicyclic) bond motifs is 1. The molecule has 5 aromatic rings. The van der Waals surface area contributed by atoms with Crippen molar-refractivity contribution in [1.29, 1.82) is 0 Å². The lowest BCUT2D eigenvalue weighted by atomic mass is 9.89. The second kappa shape index (κ2) is 11.3. The number of para-hydroxylation sites is 1. The predicted molar refractivity (Wildman–Crippen MR) is 152 cm³/mol. The van der Waals surface area contributed by atoms with Crippen LogP contribution in [0.2, 0.25) is 0 Å². The third kappa shape index (κ3) is 5.00. The van der Waals surface area contributed by atoms with Crippen LogP contribution >= 0.6 is 0 Å². The molecule has 1 atom stereocenters. The molecule has 1 heterocycles. The number of benzene rings is 4. The van der Waals surface area contributed by atoms with Gasteiger partial charge in [0.15, 0.2) is 0 Å². The van der Waals surface area contributed by atoms with Crippen LogP contribution in [0, 0.1) is 0 Å². The Morgan fingerprint density at radius 3 is 1.89 bits per heavy atom. The summed E-state index contributed by atoms with van der Waals surface area (Å²) in [4.78, 5) is 34.8. The normalized spacial score (nSPS) is 12.0. The summed E-state index contributed by atoms with van der Waals surface area (Å²) < 4.78 is 1.72. The first-order chi connectivity index (χ1) is 18.6. The lowest BCUT2D eigenvalue weighted by Crippen LogP contribution is -2.40. The molecule has 1 aromatic heterocycles. The van der Waals surface area contributed by atoms with Gasteiger partial charge in [0.1, 0.15) is 5.82 Å². The molecule has 0 fully saturated rings. The van der Waals surface area contributed by atoms with E-state index in [4.69, 9.17) is 4.98 Å². The Kier molecular flexibility index (Phi) is 7.45. The second-order valence-corrected chi connectivity index (χ2v) is 9.42. The maximum Gasteiger partial charge on any atom is 0.261 e. The monoisotopic (exact) mass is 501 g/mol. The zero-order valence-electron chi connectivity index (χ0n) is 21.7. The number of aromatic nitrogens is 2. The van der Waals surface area contributed by atoms with Crippen molar-refractivity contribution < 1.29 is 4.79 Å². The van der Waals surface area contributed by atoms with Crippen LogP contribution in [0.1, 0.15) is 48.3 Å². The van der Waals surface area contributed by atoms with Crippen LogP contribution in [-0.4, -0.2) is 26.9 Å². The van der Waals surface area contributed by atoms with Crippen molar-refractivity contribution in [2.24, 2.45) is 0 Å². The minimum Gasteiger partial charge on any atom is -0.332 e. The van der Waals surface area contributed by atoms with E-state index in [2.05, 4.69) is 0 Å². The van der Waals surface area contributed by atoms with Crippen LogP contribution in [0.5, 0.6) is 0 Å². The number of nitrogens with zero attached hydrogens (tertiary/aromatic N) is 3. The Bertz CT molecular complexity index is 1540. The molecule has 1 amide bonds. The van der Waals surface area contributed by atoms with Gasteiger partial charge in [-0.1, -0.05) is 103 Å². The van der Waals surface area contributed by atoms with Crippen LogP contribution in [0.4, 0.5) is 0 Å². The fourth-order valence-electron chi connectivity index (χ4n) is 5.12. The van der Waals surface area contributed by atoms with Gasteiger partial charge in [0.05, 0.1) is 29.4 Å². The van der Waals surface area contributed by atoms with Crippen LogP contribution in [0.3, 0.4) is 0 Å². The summed E-state index contributed by atoms with van der Waals surface area (Å²) in [5.74, 6) is 0.0910. The fraction of sp³-hybridized carbons (Fsp3) is 0.182. The Labute approximate surface area is 223 Å². The SMILES string of the molecule is CCN(C(=O)C(c1ccccc1)c1ccccc1)C(C)c1nc2ccccc2c(=O)n1Cc1ccccc1. The molecule has 5 nitrogen and oxygen atoms in total. The molecule has 0 radical (unpaired) electrons. The molecule has 0 aliphatic heterocycles. The van der Waals surface area contributed by atoms with Gasteiger partial charge in [0.2, 0.25) is 5.91 Å². The molecule has 5 heteroatoms. The minimum absolute atomic E-state index is 0.0222. The summed E-state index contributed by atoms with van der Waals surface area (Å²) in [6, 6.07) is 36.6. The number of likely N-dealkylation sites (N-methyl/N-ethyl adjacent to an activating group) is 1. The summed E-state index contributed by atoms with van der Waals surface area (Å²) in [5.41, 5.74) is 3.40. The average Bonchev–Trinajstić information content (AvgIpc) is 2.96. The van der Waals surface area contributed by atoms with E-state index in [1.165, 1.54) is 0 Å². The van der Waals surface area contributed by atoms with E-state index < -0.39 is 12.0 Å². The molecule has 0 aliphatic rings. The van der Waals surface area contributed by atoms with E-state index in [9.17, 15) is 9.59 Å². The molecule has 0 aliphatic carbocycles. The van der Waals surface area contributed by atoms with Crippen molar-refractivity contribution in [3.05, 3.63) is 148 Å². The van der Waals surface area contributed by atoms with Gasteiger partial charge in [-0.3, -0.25) is 14.2 Å². The van der Waals surface area contributed by atoms with Gasteiger partial charge in [-0.25, -0.2) is 4.98 Å². The maximum absolute atomic E-state index is 14.3. The summed E-state index contributed by atoms with van der Waals surface area (Å²) in [6.07, 6.45) is 0. The quantitative estimate of drug-likeness (QED) is 0.255. The Morgan fingerprint density at radius 1 is 0.789 bits per heavy atom. The van der Waals surface area contributed by atoms with Crippen LogP contribution < -0.4 is 5.56 Å². The van der Waals surface area contributed by atoms with E-state index in [1.54, 1.807) is 4.57 Å².